The van der Waals surface area contributed by atoms with Crippen LogP contribution in [0.3, 0.4) is 0 Å². The zero-order chi connectivity index (χ0) is 33.2. The molecule has 1 aromatic heterocycles. The minimum Gasteiger partial charge on any atom is -0.464 e. The van der Waals surface area contributed by atoms with E-state index in [-0.39, 0.29) is 24.4 Å². The van der Waals surface area contributed by atoms with Gasteiger partial charge >= 0.3 is 12.1 Å². The fraction of sp³-hybridized carbons (Fsp3) is 0.485. The number of nitrogens with two attached hydrogens (primary N) is 1. The summed E-state index contributed by atoms with van der Waals surface area (Å²) in [7, 11) is 0. The molecule has 0 spiro atoms. The number of hydrogen-bond acceptors (Lipinski definition) is 9. The summed E-state index contributed by atoms with van der Waals surface area (Å²) in [5.41, 5.74) is 5.87. The highest BCUT2D eigenvalue weighted by Crippen LogP contribution is 2.49. The molecular weight excluding hydrogens is 634 g/mol. The number of furan rings is 1. The summed E-state index contributed by atoms with van der Waals surface area (Å²) in [6.07, 6.45) is 5.60. The summed E-state index contributed by atoms with van der Waals surface area (Å²) >= 11 is 6.91. The number of carbonyl (C=O) groups is 4. The highest BCUT2D eigenvalue weighted by Gasteiger charge is 2.48. The second-order valence-electron chi connectivity index (χ2n) is 12.9. The number of nitrogens with zero attached hydrogens (tertiary/aromatic N) is 1. The number of amides is 3. The van der Waals surface area contributed by atoms with Gasteiger partial charge in [0.1, 0.15) is 33.3 Å². The lowest BCUT2D eigenvalue weighted by atomic mass is 9.94. The van der Waals surface area contributed by atoms with Crippen LogP contribution in [-0.2, 0) is 30.3 Å². The highest BCUT2D eigenvalue weighted by molar-refractivity contribution is 8.26. The number of rotatable bonds is 11. The molecule has 1 saturated heterocycles. The van der Waals surface area contributed by atoms with E-state index in [1.807, 2.05) is 6.07 Å². The molecule has 3 amide bonds. The molecular formula is C33H38FN3O7S2. The Hall–Kier alpha value is -3.71. The van der Waals surface area contributed by atoms with E-state index in [9.17, 15) is 23.6 Å². The van der Waals surface area contributed by atoms with Gasteiger partial charge in [-0.25, -0.2) is 14.0 Å². The van der Waals surface area contributed by atoms with E-state index in [1.54, 1.807) is 43.9 Å². The first-order chi connectivity index (χ1) is 21.8. The number of primary amides is 1. The first-order valence-electron chi connectivity index (χ1n) is 15.4. The summed E-state index contributed by atoms with van der Waals surface area (Å²) in [6.45, 7) is 4.97. The monoisotopic (exact) mass is 671 g/mol. The van der Waals surface area contributed by atoms with Gasteiger partial charge < -0.3 is 24.9 Å². The van der Waals surface area contributed by atoms with Crippen molar-refractivity contribution in [3.8, 4) is 11.3 Å². The van der Waals surface area contributed by atoms with Crippen molar-refractivity contribution in [2.24, 2.45) is 17.6 Å². The molecule has 4 unspecified atom stereocenters. The molecule has 4 atom stereocenters. The molecule has 2 aliphatic carbocycles. The molecule has 46 heavy (non-hydrogen) atoms. The molecule has 13 heteroatoms. The van der Waals surface area contributed by atoms with E-state index in [0.717, 1.165) is 24.8 Å². The van der Waals surface area contributed by atoms with E-state index >= 15 is 0 Å². The molecule has 1 aliphatic heterocycles. The van der Waals surface area contributed by atoms with E-state index in [0.29, 0.717) is 51.0 Å². The number of esters is 1. The van der Waals surface area contributed by atoms with Crippen molar-refractivity contribution in [1.82, 2.24) is 10.2 Å². The quantitative estimate of drug-likeness (QED) is 0.133. The van der Waals surface area contributed by atoms with E-state index in [4.69, 9.17) is 31.8 Å². The molecule has 3 N–H and O–H groups in total. The third kappa shape index (κ3) is 8.16. The number of halogens is 1. The Morgan fingerprint density at radius 1 is 1.22 bits per heavy atom. The Morgan fingerprint density at radius 2 is 1.96 bits per heavy atom. The van der Waals surface area contributed by atoms with Crippen LogP contribution < -0.4 is 11.1 Å². The molecule has 1 aromatic carbocycles. The van der Waals surface area contributed by atoms with Gasteiger partial charge in [0.25, 0.3) is 5.91 Å². The number of thioether (sulfide) groups is 1. The van der Waals surface area contributed by atoms with E-state index in [1.165, 1.54) is 30.3 Å². The third-order valence-corrected chi connectivity index (χ3v) is 9.63. The fourth-order valence-electron chi connectivity index (χ4n) is 6.31. The highest BCUT2D eigenvalue weighted by atomic mass is 32.2. The van der Waals surface area contributed by atoms with Gasteiger partial charge in [0.05, 0.1) is 17.9 Å². The van der Waals surface area contributed by atoms with Crippen molar-refractivity contribution in [3.05, 3.63) is 52.4 Å². The number of fused-ring (bicyclic) bond motifs is 2. The van der Waals surface area contributed by atoms with Crippen molar-refractivity contribution in [2.75, 3.05) is 6.61 Å². The van der Waals surface area contributed by atoms with Gasteiger partial charge in [0.2, 0.25) is 5.91 Å². The van der Waals surface area contributed by atoms with Crippen LogP contribution >= 0.6 is 24.0 Å². The molecule has 10 nitrogen and oxygen atoms in total. The average Bonchev–Trinajstić information content (AvgIpc) is 3.74. The van der Waals surface area contributed by atoms with Crippen molar-refractivity contribution < 1.29 is 37.5 Å². The number of nitrogens with one attached hydrogen (secondary N) is 1. The Kier molecular flexibility index (Phi) is 10.2. The minimum atomic E-state index is -1.31. The smallest absolute Gasteiger partial charge is 0.408 e. The number of ether oxygens (including phenoxy) is 2. The number of thiocarbonyl (C=S) groups is 1. The topological polar surface area (TPSA) is 141 Å². The zero-order valence-corrected chi connectivity index (χ0v) is 27.6. The first kappa shape index (κ1) is 33.6. The van der Waals surface area contributed by atoms with E-state index in [2.05, 4.69) is 5.32 Å². The van der Waals surface area contributed by atoms with Crippen molar-refractivity contribution in [2.45, 2.75) is 83.4 Å². The summed E-state index contributed by atoms with van der Waals surface area (Å²) in [6, 6.07) is 6.54. The molecule has 2 saturated carbocycles. The summed E-state index contributed by atoms with van der Waals surface area (Å²) in [5, 5.41) is 2.34. The van der Waals surface area contributed by atoms with Crippen LogP contribution in [0.1, 0.15) is 70.6 Å². The van der Waals surface area contributed by atoms with Crippen LogP contribution in [0.15, 0.2) is 39.7 Å². The second-order valence-corrected chi connectivity index (χ2v) is 14.6. The average molecular weight is 672 g/mol. The van der Waals surface area contributed by atoms with Crippen LogP contribution in [0.5, 0.6) is 0 Å². The third-order valence-electron chi connectivity index (χ3n) is 8.30. The van der Waals surface area contributed by atoms with Gasteiger partial charge in [0, 0.05) is 17.7 Å². The predicted octanol–water partition coefficient (Wildman–Crippen LogP) is 5.72. The number of carbonyl (C=O) groups excluding carboxylic acids is 4. The summed E-state index contributed by atoms with van der Waals surface area (Å²) in [5.74, 6) is -0.0221. The Balaban J connectivity index is 1.28. The van der Waals surface area contributed by atoms with E-state index < -0.39 is 36.0 Å². The SMILES string of the molecule is CC(C)(C)OC(=O)NC(CC(N)=O)C(=O)OCCCc1cc(-c2ccc(F)cc2)oc1C=C1SC(=S)N(C2CC3CCC2C3)C1=O. The van der Waals surface area contributed by atoms with Crippen LogP contribution in [0.4, 0.5) is 9.18 Å². The second kappa shape index (κ2) is 14.0. The molecule has 0 radical (unpaired) electrons. The Labute approximate surface area is 276 Å². The molecule has 3 aliphatic rings. The number of aryl methyl sites for hydroxylation is 1. The number of alkyl carbamates (subject to hydrolysis) is 1. The molecule has 5 rings (SSSR count). The maximum absolute atomic E-state index is 13.6. The lowest BCUT2D eigenvalue weighted by Crippen LogP contribution is -2.46. The van der Waals surface area contributed by atoms with Gasteiger partial charge in [-0.2, -0.15) is 0 Å². The summed E-state index contributed by atoms with van der Waals surface area (Å²) < 4.78 is 30.9. The van der Waals surface area contributed by atoms with Gasteiger partial charge in [-0.1, -0.05) is 30.4 Å². The van der Waals surface area contributed by atoms with Crippen molar-refractivity contribution in [1.29, 1.82) is 0 Å². The Bertz CT molecular complexity index is 1550. The zero-order valence-electron chi connectivity index (χ0n) is 26.0. The lowest BCUT2D eigenvalue weighted by molar-refractivity contribution is -0.147. The molecule has 3 fully saturated rings. The Morgan fingerprint density at radius 3 is 2.59 bits per heavy atom. The van der Waals surface area contributed by atoms with Crippen molar-refractivity contribution in [3.63, 3.8) is 0 Å². The number of benzene rings is 1. The minimum absolute atomic E-state index is 0.0348. The maximum atomic E-state index is 13.6. The van der Waals surface area contributed by atoms with Crippen LogP contribution in [0.25, 0.3) is 17.4 Å². The standard InChI is InChI=1S/C33H38FN3O7S2/c1-33(2,3)44-31(41)36-23(16-28(35)38)30(40)42-12-4-5-21-15-25(19-8-10-22(34)11-9-19)43-26(21)17-27-29(39)37(32(45)46-27)24-14-18-6-7-20(24)13-18/h8-11,15,17-18,20,23-24H,4-7,12-14,16H2,1-3H3,(H2,35,38)(H,36,41). The van der Waals surface area contributed by atoms with Gasteiger partial charge in [0.15, 0.2) is 0 Å². The number of hydrogen-bond donors (Lipinski definition) is 2. The van der Waals surface area contributed by atoms with Crippen LogP contribution in [-0.4, -0.2) is 57.4 Å². The van der Waals surface area contributed by atoms with Gasteiger partial charge in [-0.15, -0.1) is 0 Å². The fourth-order valence-corrected chi connectivity index (χ4v) is 7.65. The lowest BCUT2D eigenvalue weighted by Gasteiger charge is -2.30. The first-order valence-corrected chi connectivity index (χ1v) is 16.6. The maximum Gasteiger partial charge on any atom is 0.408 e. The molecule has 2 heterocycles. The van der Waals surface area contributed by atoms with Crippen molar-refractivity contribution >= 4 is 58.3 Å². The van der Waals surface area contributed by atoms with Gasteiger partial charge in [-0.3, -0.25) is 14.5 Å². The predicted molar refractivity (Wildman–Crippen MR) is 175 cm³/mol. The molecule has 2 bridgehead atoms. The summed E-state index contributed by atoms with van der Waals surface area (Å²) in [4.78, 5) is 52.3. The normalized spacial score (nSPS) is 22.4. The van der Waals surface area contributed by atoms with Crippen LogP contribution in [0, 0.1) is 17.7 Å². The molecule has 2 aromatic rings. The van der Waals surface area contributed by atoms with Crippen LogP contribution in [0.2, 0.25) is 0 Å². The molecule has 246 valence electrons. The van der Waals surface area contributed by atoms with Gasteiger partial charge in [-0.05, 0) is 101 Å². The largest absolute Gasteiger partial charge is 0.464 e.